The van der Waals surface area contributed by atoms with Crippen molar-refractivity contribution in [2.24, 2.45) is 5.92 Å². The summed E-state index contributed by atoms with van der Waals surface area (Å²) in [6.45, 7) is 8.01. The Morgan fingerprint density at radius 2 is 1.86 bits per heavy atom. The van der Waals surface area contributed by atoms with Crippen LogP contribution in [-0.2, 0) is 4.74 Å². The highest BCUT2D eigenvalue weighted by Gasteiger charge is 2.19. The van der Waals surface area contributed by atoms with Gasteiger partial charge in [-0.1, -0.05) is 6.92 Å². The van der Waals surface area contributed by atoms with Gasteiger partial charge in [-0.25, -0.2) is 14.8 Å². The van der Waals surface area contributed by atoms with Crippen LogP contribution in [0.5, 0.6) is 0 Å². The van der Waals surface area contributed by atoms with Gasteiger partial charge in [-0.2, -0.15) is 0 Å². The van der Waals surface area contributed by atoms with E-state index in [2.05, 4.69) is 27.1 Å². The summed E-state index contributed by atoms with van der Waals surface area (Å²) >= 11 is 0. The van der Waals surface area contributed by atoms with Crippen LogP contribution in [0.15, 0.2) is 30.3 Å². The number of nitrogens with one attached hydrogen (secondary N) is 1. The van der Waals surface area contributed by atoms with Crippen LogP contribution < -0.4 is 10.2 Å². The van der Waals surface area contributed by atoms with Crippen LogP contribution in [0.25, 0.3) is 0 Å². The molecule has 1 aliphatic heterocycles. The Morgan fingerprint density at radius 3 is 2.50 bits per heavy atom. The molecule has 7 nitrogen and oxygen atoms in total. The minimum Gasteiger partial charge on any atom is -0.462 e. The van der Waals surface area contributed by atoms with Gasteiger partial charge in [-0.15, -0.1) is 0 Å². The molecule has 28 heavy (non-hydrogen) atoms. The zero-order chi connectivity index (χ0) is 20.1. The highest BCUT2D eigenvalue weighted by molar-refractivity contribution is 6.03. The van der Waals surface area contributed by atoms with E-state index in [9.17, 15) is 9.59 Å². The summed E-state index contributed by atoms with van der Waals surface area (Å²) in [4.78, 5) is 35.4. The fourth-order valence-corrected chi connectivity index (χ4v) is 3.17. The molecule has 0 unspecified atom stereocenters. The van der Waals surface area contributed by atoms with Crippen LogP contribution in [0.4, 0.5) is 11.5 Å². The highest BCUT2D eigenvalue weighted by Crippen LogP contribution is 2.22. The first kappa shape index (κ1) is 19.8. The number of carbonyl (C=O) groups excluding carboxylic acids is 2. The molecule has 1 fully saturated rings. The van der Waals surface area contributed by atoms with Gasteiger partial charge in [0.15, 0.2) is 0 Å². The molecule has 2 aromatic rings. The Bertz CT molecular complexity index is 843. The molecule has 1 aromatic heterocycles. The van der Waals surface area contributed by atoms with Crippen molar-refractivity contribution >= 4 is 23.4 Å². The predicted molar refractivity (Wildman–Crippen MR) is 108 cm³/mol. The minimum atomic E-state index is -0.382. The molecule has 0 atom stereocenters. The molecule has 2 heterocycles. The van der Waals surface area contributed by atoms with Crippen LogP contribution >= 0.6 is 0 Å². The van der Waals surface area contributed by atoms with Gasteiger partial charge < -0.3 is 15.0 Å². The molecule has 1 N–H and O–H groups in total. The Morgan fingerprint density at radius 1 is 1.18 bits per heavy atom. The zero-order valence-corrected chi connectivity index (χ0v) is 16.6. The van der Waals surface area contributed by atoms with E-state index < -0.39 is 0 Å². The molecular formula is C21H26N4O3. The monoisotopic (exact) mass is 382 g/mol. The maximum Gasteiger partial charge on any atom is 0.338 e. The summed E-state index contributed by atoms with van der Waals surface area (Å²) in [5.74, 6) is 1.40. The number of rotatable bonds is 5. The Hall–Kier alpha value is -2.96. The largest absolute Gasteiger partial charge is 0.462 e. The van der Waals surface area contributed by atoms with Crippen LogP contribution in [0, 0.1) is 12.8 Å². The SMILES string of the molecule is CCOC(=O)c1ccc(NC(=O)c2cc(N3CCC(C)CC3)nc(C)n2)cc1. The molecule has 1 amide bonds. The first-order chi connectivity index (χ1) is 13.5. The number of hydrogen-bond donors (Lipinski definition) is 1. The third-order valence-electron chi connectivity index (χ3n) is 4.82. The average Bonchev–Trinajstić information content (AvgIpc) is 2.69. The van der Waals surface area contributed by atoms with Crippen molar-refractivity contribution in [1.82, 2.24) is 9.97 Å². The number of esters is 1. The van der Waals surface area contributed by atoms with Crippen LogP contribution in [0.1, 0.15) is 53.4 Å². The fraction of sp³-hybridized carbons (Fsp3) is 0.429. The van der Waals surface area contributed by atoms with Crippen molar-refractivity contribution in [2.75, 3.05) is 29.9 Å². The Labute approximate surface area is 165 Å². The van der Waals surface area contributed by atoms with Gasteiger partial charge in [0.2, 0.25) is 0 Å². The number of aryl methyl sites for hydroxylation is 1. The molecule has 0 bridgehead atoms. The molecule has 7 heteroatoms. The van der Waals surface area contributed by atoms with E-state index in [1.165, 1.54) is 0 Å². The number of ether oxygens (including phenoxy) is 1. The summed E-state index contributed by atoms with van der Waals surface area (Å²) in [5, 5.41) is 2.82. The van der Waals surface area contributed by atoms with Crippen molar-refractivity contribution in [2.45, 2.75) is 33.6 Å². The molecule has 0 aliphatic carbocycles. The summed E-state index contributed by atoms with van der Waals surface area (Å²) in [5.41, 5.74) is 1.36. The molecule has 1 saturated heterocycles. The normalized spacial score (nSPS) is 14.6. The second-order valence-corrected chi connectivity index (χ2v) is 7.08. The van der Waals surface area contributed by atoms with E-state index in [4.69, 9.17) is 4.74 Å². The highest BCUT2D eigenvalue weighted by atomic mass is 16.5. The first-order valence-electron chi connectivity index (χ1n) is 9.65. The smallest absolute Gasteiger partial charge is 0.338 e. The maximum absolute atomic E-state index is 12.7. The molecule has 3 rings (SSSR count). The number of aromatic nitrogens is 2. The van der Waals surface area contributed by atoms with Gasteiger partial charge in [0, 0.05) is 24.8 Å². The lowest BCUT2D eigenvalue weighted by Crippen LogP contribution is -2.34. The lowest BCUT2D eigenvalue weighted by Gasteiger charge is -2.31. The third-order valence-corrected chi connectivity index (χ3v) is 4.82. The van der Waals surface area contributed by atoms with Gasteiger partial charge >= 0.3 is 5.97 Å². The van der Waals surface area contributed by atoms with Crippen molar-refractivity contribution in [3.8, 4) is 0 Å². The van der Waals surface area contributed by atoms with E-state index in [0.717, 1.165) is 37.7 Å². The summed E-state index contributed by atoms with van der Waals surface area (Å²) in [6.07, 6.45) is 2.24. The number of benzene rings is 1. The van der Waals surface area contributed by atoms with Gasteiger partial charge in [0.1, 0.15) is 17.3 Å². The van der Waals surface area contributed by atoms with Crippen molar-refractivity contribution in [1.29, 1.82) is 0 Å². The lowest BCUT2D eigenvalue weighted by molar-refractivity contribution is 0.0526. The van der Waals surface area contributed by atoms with E-state index in [0.29, 0.717) is 29.4 Å². The third kappa shape index (κ3) is 4.85. The van der Waals surface area contributed by atoms with Crippen molar-refractivity contribution in [3.63, 3.8) is 0 Å². The number of carbonyl (C=O) groups is 2. The van der Waals surface area contributed by atoms with Gasteiger partial charge in [0.25, 0.3) is 5.91 Å². The van der Waals surface area contributed by atoms with E-state index >= 15 is 0 Å². The van der Waals surface area contributed by atoms with E-state index in [1.807, 2.05) is 0 Å². The van der Waals surface area contributed by atoms with Crippen LogP contribution in [-0.4, -0.2) is 41.5 Å². The second kappa shape index (κ2) is 8.82. The molecule has 0 radical (unpaired) electrons. The predicted octanol–water partition coefficient (Wildman–Crippen LogP) is 3.45. The number of hydrogen-bond acceptors (Lipinski definition) is 6. The topological polar surface area (TPSA) is 84.4 Å². The fourth-order valence-electron chi connectivity index (χ4n) is 3.17. The second-order valence-electron chi connectivity index (χ2n) is 7.08. The Balaban J connectivity index is 1.71. The van der Waals surface area contributed by atoms with Crippen LogP contribution in [0.3, 0.4) is 0 Å². The number of piperidine rings is 1. The average molecular weight is 382 g/mol. The maximum atomic E-state index is 12.7. The summed E-state index contributed by atoms with van der Waals surface area (Å²) in [6, 6.07) is 8.33. The molecule has 0 spiro atoms. The summed E-state index contributed by atoms with van der Waals surface area (Å²) < 4.78 is 4.96. The quantitative estimate of drug-likeness (QED) is 0.798. The lowest BCUT2D eigenvalue weighted by atomic mass is 9.99. The van der Waals surface area contributed by atoms with Gasteiger partial charge in [-0.3, -0.25) is 4.79 Å². The number of anilines is 2. The molecule has 148 valence electrons. The minimum absolute atomic E-state index is 0.305. The molecule has 0 saturated carbocycles. The summed E-state index contributed by atoms with van der Waals surface area (Å²) in [7, 11) is 0. The van der Waals surface area contributed by atoms with Crippen molar-refractivity contribution < 1.29 is 14.3 Å². The zero-order valence-electron chi connectivity index (χ0n) is 16.6. The van der Waals surface area contributed by atoms with E-state index in [-0.39, 0.29) is 11.9 Å². The number of nitrogens with zero attached hydrogens (tertiary/aromatic N) is 3. The molecular weight excluding hydrogens is 356 g/mol. The van der Waals surface area contributed by atoms with Gasteiger partial charge in [0.05, 0.1) is 12.2 Å². The first-order valence-corrected chi connectivity index (χ1v) is 9.65. The van der Waals surface area contributed by atoms with E-state index in [1.54, 1.807) is 44.2 Å². The van der Waals surface area contributed by atoms with Crippen LogP contribution in [0.2, 0.25) is 0 Å². The Kier molecular flexibility index (Phi) is 6.23. The van der Waals surface area contributed by atoms with Crippen molar-refractivity contribution in [3.05, 3.63) is 47.4 Å². The molecule has 1 aromatic carbocycles. The molecule has 1 aliphatic rings. The number of amides is 1. The van der Waals surface area contributed by atoms with Gasteiger partial charge in [-0.05, 0) is 56.9 Å². The standard InChI is InChI=1S/C21H26N4O3/c1-4-28-21(27)16-5-7-17(8-6-16)24-20(26)18-13-19(23-15(3)22-18)25-11-9-14(2)10-12-25/h5-8,13-14H,4,9-12H2,1-3H3,(H,24,26).